The molecule has 1 fully saturated rings. The van der Waals surface area contributed by atoms with Gasteiger partial charge in [0.25, 0.3) is 0 Å². The molecule has 0 amide bonds. The van der Waals surface area contributed by atoms with Crippen LogP contribution in [0.25, 0.3) is 10.8 Å². The number of rotatable bonds is 5. The molecule has 2 heterocycles. The summed E-state index contributed by atoms with van der Waals surface area (Å²) in [6.45, 7) is 6.74. The van der Waals surface area contributed by atoms with E-state index >= 15 is 0 Å². The monoisotopic (exact) mass is 283 g/mol. The van der Waals surface area contributed by atoms with E-state index in [1.807, 2.05) is 12.4 Å². The van der Waals surface area contributed by atoms with Gasteiger partial charge >= 0.3 is 0 Å². The highest BCUT2D eigenvalue weighted by Gasteiger charge is 2.20. The van der Waals surface area contributed by atoms with Gasteiger partial charge in [0.15, 0.2) is 0 Å². The number of nitrogens with one attached hydrogen (secondary N) is 1. The maximum absolute atomic E-state index is 4.43. The lowest BCUT2D eigenvalue weighted by Gasteiger charge is -2.34. The number of benzene rings is 1. The van der Waals surface area contributed by atoms with Crippen LogP contribution in [-0.4, -0.2) is 35.6 Å². The Kier molecular flexibility index (Phi) is 4.84. The molecule has 0 spiro atoms. The first-order valence-electron chi connectivity index (χ1n) is 8.15. The summed E-state index contributed by atoms with van der Waals surface area (Å²) in [5.41, 5.74) is 1.35. The standard InChI is InChI=1S/C18H25N3/c1-2-10-21(17-7-5-9-19-13-17)14-16-12-20-11-15-6-3-4-8-18(15)16/h3-4,6,8,11-12,17,19H,2,5,7,9-10,13-14H2,1H3. The number of hydrogen-bond acceptors (Lipinski definition) is 3. The molecule has 3 nitrogen and oxygen atoms in total. The first-order valence-corrected chi connectivity index (χ1v) is 8.15. The summed E-state index contributed by atoms with van der Waals surface area (Å²) in [7, 11) is 0. The quantitative estimate of drug-likeness (QED) is 0.913. The van der Waals surface area contributed by atoms with Gasteiger partial charge in [0, 0.05) is 36.9 Å². The van der Waals surface area contributed by atoms with Crippen molar-refractivity contribution in [2.75, 3.05) is 19.6 Å². The molecule has 1 aliphatic heterocycles. The zero-order chi connectivity index (χ0) is 14.5. The normalized spacial score (nSPS) is 19.2. The van der Waals surface area contributed by atoms with Gasteiger partial charge in [-0.15, -0.1) is 0 Å². The number of hydrogen-bond donors (Lipinski definition) is 1. The second-order valence-corrected chi connectivity index (χ2v) is 5.99. The molecular formula is C18H25N3. The third-order valence-electron chi connectivity index (χ3n) is 4.42. The van der Waals surface area contributed by atoms with Gasteiger partial charge in [-0.3, -0.25) is 9.88 Å². The smallest absolute Gasteiger partial charge is 0.0346 e. The fourth-order valence-corrected chi connectivity index (χ4v) is 3.35. The maximum atomic E-state index is 4.43. The van der Waals surface area contributed by atoms with Gasteiger partial charge in [0.05, 0.1) is 0 Å². The predicted molar refractivity (Wildman–Crippen MR) is 88.3 cm³/mol. The summed E-state index contributed by atoms with van der Waals surface area (Å²) in [4.78, 5) is 7.06. The summed E-state index contributed by atoms with van der Waals surface area (Å²) in [6.07, 6.45) is 7.81. The molecule has 1 atom stereocenters. The molecule has 1 N–H and O–H groups in total. The second-order valence-electron chi connectivity index (χ2n) is 5.99. The van der Waals surface area contributed by atoms with Crippen LogP contribution >= 0.6 is 0 Å². The molecule has 0 bridgehead atoms. The highest BCUT2D eigenvalue weighted by molar-refractivity contribution is 5.84. The Balaban J connectivity index is 1.83. The van der Waals surface area contributed by atoms with Crippen molar-refractivity contribution in [2.24, 2.45) is 0 Å². The van der Waals surface area contributed by atoms with Crippen LogP contribution in [0.15, 0.2) is 36.7 Å². The Morgan fingerprint density at radius 3 is 3.00 bits per heavy atom. The van der Waals surface area contributed by atoms with E-state index in [1.54, 1.807) is 0 Å². The molecule has 1 saturated heterocycles. The Bertz CT molecular complexity index is 570. The Labute approximate surface area is 127 Å². The summed E-state index contributed by atoms with van der Waals surface area (Å²) in [5.74, 6) is 0. The molecule has 0 saturated carbocycles. The SMILES string of the molecule is CCCN(Cc1cncc2ccccc12)C1CCCNC1. The lowest BCUT2D eigenvalue weighted by atomic mass is 10.0. The molecule has 1 aliphatic rings. The molecule has 1 aromatic heterocycles. The van der Waals surface area contributed by atoms with E-state index in [9.17, 15) is 0 Å². The summed E-state index contributed by atoms with van der Waals surface area (Å²) >= 11 is 0. The van der Waals surface area contributed by atoms with Crippen molar-refractivity contribution in [2.45, 2.75) is 38.8 Å². The van der Waals surface area contributed by atoms with Crippen LogP contribution in [-0.2, 0) is 6.54 Å². The fraction of sp³-hybridized carbons (Fsp3) is 0.500. The van der Waals surface area contributed by atoms with Crippen LogP contribution in [0, 0.1) is 0 Å². The largest absolute Gasteiger partial charge is 0.315 e. The summed E-state index contributed by atoms with van der Waals surface area (Å²) in [6, 6.07) is 9.24. The minimum Gasteiger partial charge on any atom is -0.315 e. The lowest BCUT2D eigenvalue weighted by molar-refractivity contribution is 0.158. The van der Waals surface area contributed by atoms with Crippen molar-refractivity contribution >= 4 is 10.8 Å². The third-order valence-corrected chi connectivity index (χ3v) is 4.42. The van der Waals surface area contributed by atoms with Crippen LogP contribution in [0.4, 0.5) is 0 Å². The molecule has 0 aliphatic carbocycles. The Hall–Kier alpha value is -1.45. The zero-order valence-electron chi connectivity index (χ0n) is 12.9. The predicted octanol–water partition coefficient (Wildman–Crippen LogP) is 3.20. The molecule has 112 valence electrons. The van der Waals surface area contributed by atoms with Crippen LogP contribution in [0.2, 0.25) is 0 Å². The highest BCUT2D eigenvalue weighted by atomic mass is 15.2. The fourth-order valence-electron chi connectivity index (χ4n) is 3.35. The summed E-state index contributed by atoms with van der Waals surface area (Å²) in [5, 5.41) is 6.13. The van der Waals surface area contributed by atoms with Gasteiger partial charge in [-0.1, -0.05) is 31.2 Å². The first-order chi connectivity index (χ1) is 10.4. The van der Waals surface area contributed by atoms with Crippen LogP contribution in [0.1, 0.15) is 31.7 Å². The van der Waals surface area contributed by atoms with Crippen molar-refractivity contribution in [3.63, 3.8) is 0 Å². The zero-order valence-corrected chi connectivity index (χ0v) is 12.9. The molecule has 1 unspecified atom stereocenters. The number of fused-ring (bicyclic) bond motifs is 1. The molecule has 21 heavy (non-hydrogen) atoms. The van der Waals surface area contributed by atoms with Crippen LogP contribution < -0.4 is 5.32 Å². The first kappa shape index (κ1) is 14.5. The average molecular weight is 283 g/mol. The highest BCUT2D eigenvalue weighted by Crippen LogP contribution is 2.21. The molecule has 1 aromatic carbocycles. The minimum absolute atomic E-state index is 0.665. The molecule has 3 rings (SSSR count). The van der Waals surface area contributed by atoms with Gasteiger partial charge in [-0.25, -0.2) is 0 Å². The molecule has 3 heteroatoms. The van der Waals surface area contributed by atoms with E-state index in [2.05, 4.69) is 46.4 Å². The summed E-state index contributed by atoms with van der Waals surface area (Å²) < 4.78 is 0. The van der Waals surface area contributed by atoms with Gasteiger partial charge < -0.3 is 5.32 Å². The van der Waals surface area contributed by atoms with E-state index in [0.29, 0.717) is 6.04 Å². The topological polar surface area (TPSA) is 28.2 Å². The van der Waals surface area contributed by atoms with Crippen molar-refractivity contribution in [3.05, 3.63) is 42.2 Å². The second kappa shape index (κ2) is 7.01. The number of nitrogens with zero attached hydrogens (tertiary/aromatic N) is 2. The van der Waals surface area contributed by atoms with Gasteiger partial charge in [-0.2, -0.15) is 0 Å². The molecule has 0 radical (unpaired) electrons. The Morgan fingerprint density at radius 2 is 2.19 bits per heavy atom. The van der Waals surface area contributed by atoms with Crippen molar-refractivity contribution < 1.29 is 0 Å². The van der Waals surface area contributed by atoms with E-state index in [1.165, 1.54) is 42.1 Å². The van der Waals surface area contributed by atoms with Gasteiger partial charge in [-0.05, 0) is 43.3 Å². The third kappa shape index (κ3) is 3.42. The van der Waals surface area contributed by atoms with Gasteiger partial charge in [0.2, 0.25) is 0 Å². The minimum atomic E-state index is 0.665. The van der Waals surface area contributed by atoms with E-state index in [-0.39, 0.29) is 0 Å². The average Bonchev–Trinajstić information content (AvgIpc) is 2.55. The van der Waals surface area contributed by atoms with Gasteiger partial charge in [0.1, 0.15) is 0 Å². The Morgan fingerprint density at radius 1 is 1.29 bits per heavy atom. The number of piperidine rings is 1. The van der Waals surface area contributed by atoms with Crippen LogP contribution in [0.3, 0.4) is 0 Å². The van der Waals surface area contributed by atoms with E-state index in [4.69, 9.17) is 0 Å². The number of aromatic nitrogens is 1. The van der Waals surface area contributed by atoms with Crippen molar-refractivity contribution in [1.82, 2.24) is 15.2 Å². The lowest BCUT2D eigenvalue weighted by Crippen LogP contribution is -2.45. The molecule has 2 aromatic rings. The van der Waals surface area contributed by atoms with E-state index in [0.717, 1.165) is 19.6 Å². The van der Waals surface area contributed by atoms with Crippen molar-refractivity contribution in [3.8, 4) is 0 Å². The van der Waals surface area contributed by atoms with Crippen LogP contribution in [0.5, 0.6) is 0 Å². The van der Waals surface area contributed by atoms with E-state index < -0.39 is 0 Å². The maximum Gasteiger partial charge on any atom is 0.0346 e. The van der Waals surface area contributed by atoms with Crippen molar-refractivity contribution in [1.29, 1.82) is 0 Å². The number of pyridine rings is 1. The molecular weight excluding hydrogens is 258 g/mol.